The summed E-state index contributed by atoms with van der Waals surface area (Å²) in [7, 11) is -4.08. The molecule has 2 saturated heterocycles. The van der Waals surface area contributed by atoms with Crippen LogP contribution in [0.4, 0.5) is 36.3 Å². The minimum absolute atomic E-state index is 0.00262. The van der Waals surface area contributed by atoms with Crippen LogP contribution in [0.15, 0.2) is 18.2 Å². The van der Waals surface area contributed by atoms with E-state index in [9.17, 15) is 27.1 Å². The SMILES string of the molecule is Cc1cc(NC(=O)c2cc(F)c(NS(=O)(=O)C(C)CO)cc2N2CCC3(CC2)CC3)nc(N2CCC(F)(F)CC2)n1. The predicted octanol–water partition coefficient (Wildman–Crippen LogP) is 3.91. The number of amides is 1. The van der Waals surface area contributed by atoms with Crippen molar-refractivity contribution < 1.29 is 31.5 Å². The molecule has 3 N–H and O–H groups in total. The molecule has 1 aromatic heterocycles. The van der Waals surface area contributed by atoms with Gasteiger partial charge in [0.2, 0.25) is 16.0 Å². The number of sulfonamides is 1. The Labute approximate surface area is 237 Å². The zero-order valence-corrected chi connectivity index (χ0v) is 23.9. The minimum Gasteiger partial charge on any atom is -0.395 e. The van der Waals surface area contributed by atoms with Crippen molar-refractivity contribution in [2.24, 2.45) is 5.41 Å². The zero-order chi connectivity index (χ0) is 29.6. The number of aryl methyl sites for hydroxylation is 1. The quantitative estimate of drug-likeness (QED) is 0.419. The van der Waals surface area contributed by atoms with Crippen molar-refractivity contribution in [3.63, 3.8) is 0 Å². The van der Waals surface area contributed by atoms with E-state index in [1.807, 2.05) is 4.90 Å². The summed E-state index contributed by atoms with van der Waals surface area (Å²) in [5.74, 6) is -3.98. The highest BCUT2D eigenvalue weighted by Gasteiger charge is 2.45. The molecule has 1 aromatic carbocycles. The van der Waals surface area contributed by atoms with Gasteiger partial charge in [0.15, 0.2) is 0 Å². The van der Waals surface area contributed by atoms with Crippen molar-refractivity contribution in [2.45, 2.75) is 63.5 Å². The Morgan fingerprint density at radius 2 is 1.66 bits per heavy atom. The molecule has 1 spiro atoms. The van der Waals surface area contributed by atoms with E-state index < -0.39 is 39.5 Å². The summed E-state index contributed by atoms with van der Waals surface area (Å²) in [5, 5.41) is 10.8. The molecule has 224 valence electrons. The second-order valence-electron chi connectivity index (χ2n) is 11.5. The van der Waals surface area contributed by atoms with E-state index in [1.54, 1.807) is 11.8 Å². The summed E-state index contributed by atoms with van der Waals surface area (Å²) in [6.45, 7) is 3.75. The lowest BCUT2D eigenvalue weighted by atomic mass is 9.93. The van der Waals surface area contributed by atoms with Crippen LogP contribution in [0.2, 0.25) is 0 Å². The molecule has 14 heteroatoms. The molecular weight excluding hydrogens is 561 g/mol. The third-order valence-electron chi connectivity index (χ3n) is 8.35. The summed E-state index contributed by atoms with van der Waals surface area (Å²) in [5.41, 5.74) is 0.904. The normalized spacial score (nSPS) is 20.5. The molecule has 1 aliphatic carbocycles. The van der Waals surface area contributed by atoms with Gasteiger partial charge in [-0.3, -0.25) is 9.52 Å². The molecule has 0 bridgehead atoms. The molecule has 3 aliphatic rings. The summed E-state index contributed by atoms with van der Waals surface area (Å²) in [6.07, 6.45) is 3.50. The van der Waals surface area contributed by atoms with Crippen LogP contribution in [-0.4, -0.2) is 73.4 Å². The van der Waals surface area contributed by atoms with Crippen LogP contribution < -0.4 is 19.8 Å². The van der Waals surface area contributed by atoms with E-state index in [2.05, 4.69) is 20.0 Å². The molecule has 2 aromatic rings. The van der Waals surface area contributed by atoms with E-state index >= 15 is 4.39 Å². The lowest BCUT2D eigenvalue weighted by molar-refractivity contribution is -0.0222. The third-order valence-corrected chi connectivity index (χ3v) is 10.1. The third kappa shape index (κ3) is 6.53. The number of hydrogen-bond donors (Lipinski definition) is 3. The molecule has 3 heterocycles. The molecule has 1 saturated carbocycles. The highest BCUT2D eigenvalue weighted by molar-refractivity contribution is 7.93. The topological polar surface area (TPSA) is 128 Å². The minimum atomic E-state index is -4.08. The maximum atomic E-state index is 15.3. The van der Waals surface area contributed by atoms with Gasteiger partial charge in [-0.2, -0.15) is 4.98 Å². The van der Waals surface area contributed by atoms with Crippen molar-refractivity contribution in [3.05, 3.63) is 35.3 Å². The number of nitrogens with zero attached hydrogens (tertiary/aromatic N) is 4. The maximum Gasteiger partial charge on any atom is 0.259 e. The molecule has 10 nitrogen and oxygen atoms in total. The van der Waals surface area contributed by atoms with Crippen LogP contribution in [0.3, 0.4) is 0 Å². The first-order valence-electron chi connectivity index (χ1n) is 13.8. The monoisotopic (exact) mass is 596 g/mol. The van der Waals surface area contributed by atoms with Gasteiger partial charge in [-0.15, -0.1) is 0 Å². The average molecular weight is 597 g/mol. The smallest absolute Gasteiger partial charge is 0.259 e. The van der Waals surface area contributed by atoms with Gasteiger partial charge in [0.05, 0.1) is 23.5 Å². The van der Waals surface area contributed by atoms with Crippen molar-refractivity contribution in [2.75, 3.05) is 52.6 Å². The number of benzene rings is 1. The van der Waals surface area contributed by atoms with Gasteiger partial charge in [-0.25, -0.2) is 26.6 Å². The molecule has 0 radical (unpaired) electrons. The second kappa shape index (κ2) is 10.9. The van der Waals surface area contributed by atoms with Gasteiger partial charge in [0, 0.05) is 50.8 Å². The van der Waals surface area contributed by atoms with E-state index in [4.69, 9.17) is 0 Å². The van der Waals surface area contributed by atoms with Crippen molar-refractivity contribution in [3.8, 4) is 0 Å². The molecule has 1 atom stereocenters. The number of nitrogens with one attached hydrogen (secondary N) is 2. The van der Waals surface area contributed by atoms with E-state index in [0.29, 0.717) is 29.9 Å². The summed E-state index contributed by atoms with van der Waals surface area (Å²) in [4.78, 5) is 25.9. The number of piperidine rings is 2. The summed E-state index contributed by atoms with van der Waals surface area (Å²) in [6, 6.07) is 3.85. The molecule has 3 fully saturated rings. The van der Waals surface area contributed by atoms with Gasteiger partial charge in [0.1, 0.15) is 16.9 Å². The fraction of sp³-hybridized carbons (Fsp3) is 0.593. The fourth-order valence-electron chi connectivity index (χ4n) is 5.31. The summed E-state index contributed by atoms with van der Waals surface area (Å²) < 4.78 is 69.9. The van der Waals surface area contributed by atoms with Crippen LogP contribution in [0, 0.1) is 18.2 Å². The Kier molecular flexibility index (Phi) is 7.83. The molecule has 1 unspecified atom stereocenters. The number of halogens is 3. The van der Waals surface area contributed by atoms with E-state index in [-0.39, 0.29) is 48.9 Å². The van der Waals surface area contributed by atoms with Gasteiger partial charge in [-0.05, 0) is 57.1 Å². The standard InChI is InChI=1S/C27H35F3N6O4S/c1-17-13-23(33-25(31-17)36-11-7-27(29,30)8-12-36)32-24(38)19-14-20(28)21(34-41(39,40)18(2)16-37)15-22(19)35-9-5-26(3-4-26)6-10-35/h13-15,18,34,37H,3-12,16H2,1-2H3,(H,31,32,33,38). The molecule has 1 amide bonds. The van der Waals surface area contributed by atoms with E-state index in [1.165, 1.54) is 19.1 Å². The van der Waals surface area contributed by atoms with Crippen LogP contribution >= 0.6 is 0 Å². The largest absolute Gasteiger partial charge is 0.395 e. The fourth-order valence-corrected chi connectivity index (χ4v) is 6.17. The first-order valence-corrected chi connectivity index (χ1v) is 15.4. The van der Waals surface area contributed by atoms with Gasteiger partial charge < -0.3 is 20.2 Å². The van der Waals surface area contributed by atoms with Gasteiger partial charge in [-0.1, -0.05) is 0 Å². The van der Waals surface area contributed by atoms with Crippen LogP contribution in [0.25, 0.3) is 0 Å². The lowest BCUT2D eigenvalue weighted by Crippen LogP contribution is -2.40. The Morgan fingerprint density at radius 3 is 2.27 bits per heavy atom. The second-order valence-corrected chi connectivity index (χ2v) is 13.6. The van der Waals surface area contributed by atoms with Crippen molar-refractivity contribution in [1.29, 1.82) is 0 Å². The highest BCUT2D eigenvalue weighted by Crippen LogP contribution is 2.54. The summed E-state index contributed by atoms with van der Waals surface area (Å²) >= 11 is 0. The highest BCUT2D eigenvalue weighted by atomic mass is 32.2. The lowest BCUT2D eigenvalue weighted by Gasteiger charge is -2.35. The maximum absolute atomic E-state index is 15.3. The number of alkyl halides is 2. The van der Waals surface area contributed by atoms with E-state index in [0.717, 1.165) is 31.7 Å². The molecule has 5 rings (SSSR count). The molecule has 2 aliphatic heterocycles. The number of hydrogen-bond acceptors (Lipinski definition) is 8. The Bertz CT molecular complexity index is 1420. The van der Waals surface area contributed by atoms with Crippen LogP contribution in [0.1, 0.15) is 61.5 Å². The first kappa shape index (κ1) is 29.4. The number of aliphatic hydroxyl groups excluding tert-OH is 1. The van der Waals surface area contributed by atoms with Crippen LogP contribution in [-0.2, 0) is 10.0 Å². The van der Waals surface area contributed by atoms with Crippen LogP contribution in [0.5, 0.6) is 0 Å². The Morgan fingerprint density at radius 1 is 1.02 bits per heavy atom. The number of carbonyl (C=O) groups excluding carboxylic acids is 1. The van der Waals surface area contributed by atoms with Crippen molar-refractivity contribution in [1.82, 2.24) is 9.97 Å². The molecule has 41 heavy (non-hydrogen) atoms. The number of carbonyl (C=O) groups is 1. The number of aliphatic hydroxyl groups is 1. The van der Waals surface area contributed by atoms with Gasteiger partial charge >= 0.3 is 0 Å². The van der Waals surface area contributed by atoms with Crippen molar-refractivity contribution >= 4 is 39.1 Å². The Balaban J connectivity index is 1.43. The number of anilines is 4. The number of aromatic nitrogens is 2. The van der Waals surface area contributed by atoms with Gasteiger partial charge in [0.25, 0.3) is 11.8 Å². The Hall–Kier alpha value is -3.13. The number of rotatable bonds is 8. The first-order chi connectivity index (χ1) is 19.3. The predicted molar refractivity (Wildman–Crippen MR) is 150 cm³/mol. The molecular formula is C27H35F3N6O4S. The zero-order valence-electron chi connectivity index (χ0n) is 23.1. The average Bonchev–Trinajstić information content (AvgIpc) is 3.67.